The van der Waals surface area contributed by atoms with E-state index in [1.165, 1.54) is 12.2 Å². The highest BCUT2D eigenvalue weighted by atomic mass is 16.7. The Bertz CT molecular complexity index is 701. The zero-order valence-corrected chi connectivity index (χ0v) is 13.2. The number of para-hydroxylation sites is 1. The molecule has 1 atom stereocenters. The van der Waals surface area contributed by atoms with Crippen LogP contribution in [0.5, 0.6) is 0 Å². The van der Waals surface area contributed by atoms with Crippen LogP contribution >= 0.6 is 0 Å². The topological polar surface area (TPSA) is 45.1 Å². The normalized spacial score (nSPS) is 17.0. The number of benzene rings is 2. The van der Waals surface area contributed by atoms with Crippen molar-refractivity contribution in [3.05, 3.63) is 66.2 Å². The van der Waals surface area contributed by atoms with Crippen LogP contribution in [0.15, 0.2) is 65.8 Å². The van der Waals surface area contributed by atoms with Gasteiger partial charge < -0.3 is 0 Å². The molecular weight excluding hydrogens is 290 g/mol. The molecule has 1 aliphatic rings. The van der Waals surface area contributed by atoms with Crippen molar-refractivity contribution in [2.45, 2.75) is 12.5 Å². The Morgan fingerprint density at radius 1 is 1.13 bits per heavy atom. The lowest BCUT2D eigenvalue weighted by molar-refractivity contribution is -0.160. The quantitative estimate of drug-likeness (QED) is 0.816. The van der Waals surface area contributed by atoms with Crippen LogP contribution in [-0.4, -0.2) is 30.8 Å². The smallest absolute Gasteiger partial charge is 0.274 e. The van der Waals surface area contributed by atoms with Gasteiger partial charge in [0.25, 0.3) is 5.91 Å². The van der Waals surface area contributed by atoms with Crippen molar-refractivity contribution in [2.24, 2.45) is 5.10 Å². The lowest BCUT2D eigenvalue weighted by atomic mass is 10.0. The molecule has 5 nitrogen and oxygen atoms in total. The highest BCUT2D eigenvalue weighted by Crippen LogP contribution is 2.35. The molecule has 0 aliphatic carbocycles. The minimum absolute atomic E-state index is 0.00260. The maximum Gasteiger partial charge on any atom is 0.293 e. The minimum Gasteiger partial charge on any atom is -0.274 e. The summed E-state index contributed by atoms with van der Waals surface area (Å²) in [5.41, 5.74) is 2.58. The van der Waals surface area contributed by atoms with Gasteiger partial charge in [-0.15, -0.1) is 0 Å². The van der Waals surface area contributed by atoms with Gasteiger partial charge in [-0.05, 0) is 17.7 Å². The summed E-state index contributed by atoms with van der Waals surface area (Å²) in [4.78, 5) is 17.4. The first kappa shape index (κ1) is 15.2. The van der Waals surface area contributed by atoms with Crippen molar-refractivity contribution in [3.63, 3.8) is 0 Å². The number of hydrazone groups is 1. The fourth-order valence-corrected chi connectivity index (χ4v) is 2.66. The van der Waals surface area contributed by atoms with Crippen molar-refractivity contribution in [2.75, 3.05) is 19.2 Å². The van der Waals surface area contributed by atoms with Crippen molar-refractivity contribution in [1.29, 1.82) is 0 Å². The average Bonchev–Trinajstić information content (AvgIpc) is 3.07. The molecule has 2 aromatic carbocycles. The van der Waals surface area contributed by atoms with Crippen molar-refractivity contribution < 1.29 is 9.63 Å². The van der Waals surface area contributed by atoms with Crippen molar-refractivity contribution in [3.8, 4) is 0 Å². The standard InChI is InChI=1S/C18H19N3O2/c1-20(23-2)18(22)16-13-17(14-9-5-3-6-10-14)21(19-16)15-11-7-4-8-12-15/h3-12,17H,13H2,1-2H3. The summed E-state index contributed by atoms with van der Waals surface area (Å²) < 4.78 is 0. The molecular formula is C18H19N3O2. The van der Waals surface area contributed by atoms with E-state index in [1.54, 1.807) is 7.05 Å². The van der Waals surface area contributed by atoms with E-state index in [2.05, 4.69) is 17.2 Å². The largest absolute Gasteiger partial charge is 0.293 e. The molecule has 0 spiro atoms. The number of rotatable bonds is 4. The van der Waals surface area contributed by atoms with Crippen LogP contribution in [0.4, 0.5) is 5.69 Å². The average molecular weight is 309 g/mol. The van der Waals surface area contributed by atoms with Gasteiger partial charge in [0.15, 0.2) is 0 Å². The lowest BCUT2D eigenvalue weighted by Gasteiger charge is -2.23. The first-order valence-corrected chi connectivity index (χ1v) is 7.49. The number of carbonyl (C=O) groups is 1. The van der Waals surface area contributed by atoms with Crippen LogP contribution < -0.4 is 5.01 Å². The van der Waals surface area contributed by atoms with E-state index in [9.17, 15) is 4.79 Å². The lowest BCUT2D eigenvalue weighted by Crippen LogP contribution is -2.31. The van der Waals surface area contributed by atoms with Crippen LogP contribution in [0.25, 0.3) is 0 Å². The predicted octanol–water partition coefficient (Wildman–Crippen LogP) is 3.01. The molecule has 0 aromatic heterocycles. The Morgan fingerprint density at radius 2 is 1.74 bits per heavy atom. The summed E-state index contributed by atoms with van der Waals surface area (Å²) in [6, 6.07) is 20.0. The second-order valence-corrected chi connectivity index (χ2v) is 5.34. The van der Waals surface area contributed by atoms with Crippen molar-refractivity contribution in [1.82, 2.24) is 5.06 Å². The fourth-order valence-electron chi connectivity index (χ4n) is 2.66. The van der Waals surface area contributed by atoms with E-state index in [-0.39, 0.29) is 11.9 Å². The molecule has 0 saturated heterocycles. The second-order valence-electron chi connectivity index (χ2n) is 5.34. The zero-order valence-electron chi connectivity index (χ0n) is 13.2. The predicted molar refractivity (Wildman–Crippen MR) is 89.9 cm³/mol. The molecule has 0 saturated carbocycles. The molecule has 0 bridgehead atoms. The number of anilines is 1. The fraction of sp³-hybridized carbons (Fsp3) is 0.222. The van der Waals surface area contributed by atoms with Crippen LogP contribution in [-0.2, 0) is 9.63 Å². The number of carbonyl (C=O) groups excluding carboxylic acids is 1. The Morgan fingerprint density at radius 3 is 2.35 bits per heavy atom. The van der Waals surface area contributed by atoms with E-state index in [4.69, 9.17) is 4.84 Å². The maximum atomic E-state index is 12.4. The maximum absolute atomic E-state index is 12.4. The molecule has 1 unspecified atom stereocenters. The van der Waals surface area contributed by atoms with Gasteiger partial charge in [0.05, 0.1) is 18.8 Å². The van der Waals surface area contributed by atoms with Gasteiger partial charge in [-0.3, -0.25) is 14.6 Å². The van der Waals surface area contributed by atoms with Crippen LogP contribution in [0.1, 0.15) is 18.0 Å². The molecule has 23 heavy (non-hydrogen) atoms. The van der Waals surface area contributed by atoms with Gasteiger partial charge >= 0.3 is 0 Å². The van der Waals surface area contributed by atoms with Gasteiger partial charge in [-0.1, -0.05) is 48.5 Å². The van der Waals surface area contributed by atoms with Gasteiger partial charge in [0.1, 0.15) is 5.71 Å². The van der Waals surface area contributed by atoms with Crippen LogP contribution in [0.2, 0.25) is 0 Å². The summed E-state index contributed by atoms with van der Waals surface area (Å²) >= 11 is 0. The highest BCUT2D eigenvalue weighted by molar-refractivity contribution is 6.39. The number of amides is 1. The first-order valence-electron chi connectivity index (χ1n) is 7.49. The Balaban J connectivity index is 1.96. The molecule has 3 rings (SSSR count). The number of hydroxylamine groups is 2. The Kier molecular flexibility index (Phi) is 4.39. The van der Waals surface area contributed by atoms with Crippen molar-refractivity contribution >= 4 is 17.3 Å². The summed E-state index contributed by atoms with van der Waals surface area (Å²) in [5, 5.41) is 7.68. The Hall–Kier alpha value is -2.66. The summed E-state index contributed by atoms with van der Waals surface area (Å²) in [6.07, 6.45) is 0.547. The molecule has 0 fully saturated rings. The zero-order chi connectivity index (χ0) is 16.2. The molecule has 0 N–H and O–H groups in total. The van der Waals surface area contributed by atoms with E-state index in [0.29, 0.717) is 12.1 Å². The number of hydrogen-bond donors (Lipinski definition) is 0. The monoisotopic (exact) mass is 309 g/mol. The minimum atomic E-state index is -0.216. The van der Waals surface area contributed by atoms with Gasteiger partial charge in [-0.25, -0.2) is 5.06 Å². The number of nitrogens with zero attached hydrogens (tertiary/aromatic N) is 3. The molecule has 1 amide bonds. The summed E-state index contributed by atoms with van der Waals surface area (Å²) in [5.74, 6) is -0.216. The molecule has 0 radical (unpaired) electrons. The van der Waals surface area contributed by atoms with Gasteiger partial charge in [0, 0.05) is 13.5 Å². The second kappa shape index (κ2) is 6.62. The number of hydrogen-bond acceptors (Lipinski definition) is 4. The van der Waals surface area contributed by atoms with Crippen LogP contribution in [0.3, 0.4) is 0 Å². The first-order chi connectivity index (χ1) is 11.2. The van der Waals surface area contributed by atoms with Crippen LogP contribution in [0, 0.1) is 0 Å². The van der Waals surface area contributed by atoms with E-state index in [0.717, 1.165) is 11.3 Å². The van der Waals surface area contributed by atoms with Gasteiger partial charge in [-0.2, -0.15) is 5.10 Å². The molecule has 1 aliphatic heterocycles. The van der Waals surface area contributed by atoms with Gasteiger partial charge in [0.2, 0.25) is 0 Å². The highest BCUT2D eigenvalue weighted by Gasteiger charge is 2.33. The molecule has 5 heteroatoms. The summed E-state index contributed by atoms with van der Waals surface area (Å²) in [6.45, 7) is 0. The summed E-state index contributed by atoms with van der Waals surface area (Å²) in [7, 11) is 3.06. The molecule has 2 aromatic rings. The van der Waals surface area contributed by atoms with E-state index >= 15 is 0 Å². The molecule has 118 valence electrons. The SMILES string of the molecule is CON(C)C(=O)C1=NN(c2ccccc2)C(c2ccccc2)C1. The third-order valence-electron chi connectivity index (χ3n) is 3.92. The van der Waals surface area contributed by atoms with E-state index < -0.39 is 0 Å². The van der Waals surface area contributed by atoms with E-state index in [1.807, 2.05) is 53.5 Å². The molecule has 1 heterocycles. The third-order valence-corrected chi connectivity index (χ3v) is 3.92. The third kappa shape index (κ3) is 3.10. The Labute approximate surface area is 135 Å².